The Labute approximate surface area is 174 Å². The predicted molar refractivity (Wildman–Crippen MR) is 115 cm³/mol. The lowest BCUT2D eigenvalue weighted by molar-refractivity contribution is 0.306. The maximum atomic E-state index is 6.36. The molecular weight excluding hydrogens is 401 g/mol. The second-order valence-electron chi connectivity index (χ2n) is 6.26. The molecular formula is C22H18Cl3NO. The lowest BCUT2D eigenvalue weighted by Crippen LogP contribution is -1.97. The van der Waals surface area contributed by atoms with Gasteiger partial charge in [-0.1, -0.05) is 53.0 Å². The van der Waals surface area contributed by atoms with Crippen molar-refractivity contribution in [3.63, 3.8) is 0 Å². The minimum absolute atomic E-state index is 0.354. The summed E-state index contributed by atoms with van der Waals surface area (Å²) in [6.07, 6.45) is 1.74. The number of hydrogen-bond acceptors (Lipinski definition) is 2. The van der Waals surface area contributed by atoms with Crippen molar-refractivity contribution in [2.45, 2.75) is 20.5 Å². The Balaban J connectivity index is 1.74. The minimum Gasteiger partial charge on any atom is -0.486 e. The predicted octanol–water partition coefficient (Wildman–Crippen LogP) is 7.59. The summed E-state index contributed by atoms with van der Waals surface area (Å²) in [5, 5.41) is 1.57. The van der Waals surface area contributed by atoms with Gasteiger partial charge in [0.15, 0.2) is 5.75 Å². The zero-order valence-electron chi connectivity index (χ0n) is 15.0. The summed E-state index contributed by atoms with van der Waals surface area (Å²) in [5.74, 6) is 0.455. The summed E-state index contributed by atoms with van der Waals surface area (Å²) in [6, 6.07) is 17.1. The number of nitrogens with zero attached hydrogens (tertiary/aromatic N) is 1. The van der Waals surface area contributed by atoms with E-state index in [9.17, 15) is 0 Å². The highest BCUT2D eigenvalue weighted by molar-refractivity contribution is 6.37. The van der Waals surface area contributed by atoms with Crippen LogP contribution in [0.5, 0.6) is 5.75 Å². The van der Waals surface area contributed by atoms with Gasteiger partial charge < -0.3 is 4.74 Å². The number of hydrogen-bond donors (Lipinski definition) is 0. The standard InChI is InChI=1S/C22H18Cl3NO/c1-14-3-8-19(9-15(14)2)26-12-17-10-20(24)22(21(25)11-17)27-13-16-4-6-18(23)7-5-16/h3-12H,13H2,1-2H3. The van der Waals surface area contributed by atoms with Crippen molar-refractivity contribution < 1.29 is 4.74 Å². The molecule has 138 valence electrons. The molecule has 3 aromatic rings. The van der Waals surface area contributed by atoms with Gasteiger partial charge in [0.05, 0.1) is 15.7 Å². The minimum atomic E-state index is 0.354. The molecule has 0 bridgehead atoms. The van der Waals surface area contributed by atoms with Gasteiger partial charge in [-0.25, -0.2) is 0 Å². The molecule has 0 aromatic heterocycles. The van der Waals surface area contributed by atoms with Crippen molar-refractivity contribution in [3.8, 4) is 5.75 Å². The Hall–Kier alpha value is -2.00. The molecule has 5 heteroatoms. The Kier molecular flexibility index (Phi) is 6.43. The topological polar surface area (TPSA) is 21.6 Å². The Morgan fingerprint density at radius 1 is 0.852 bits per heavy atom. The molecule has 0 fully saturated rings. The van der Waals surface area contributed by atoms with Crippen molar-refractivity contribution >= 4 is 46.7 Å². The van der Waals surface area contributed by atoms with Gasteiger partial charge in [-0.05, 0) is 72.5 Å². The zero-order chi connectivity index (χ0) is 19.4. The van der Waals surface area contributed by atoms with Gasteiger partial charge in [-0.3, -0.25) is 4.99 Å². The first kappa shape index (κ1) is 19.8. The number of aryl methyl sites for hydroxylation is 2. The number of aliphatic imine (C=N–C) groups is 1. The van der Waals surface area contributed by atoms with E-state index >= 15 is 0 Å². The van der Waals surface area contributed by atoms with Crippen LogP contribution in [0.25, 0.3) is 0 Å². The molecule has 0 radical (unpaired) electrons. The SMILES string of the molecule is Cc1ccc(N=Cc2cc(Cl)c(OCc3ccc(Cl)cc3)c(Cl)c2)cc1C. The largest absolute Gasteiger partial charge is 0.486 e. The van der Waals surface area contributed by atoms with E-state index in [4.69, 9.17) is 39.5 Å². The van der Waals surface area contributed by atoms with Gasteiger partial charge in [0, 0.05) is 11.2 Å². The number of halogens is 3. The van der Waals surface area contributed by atoms with Crippen molar-refractivity contribution in [2.75, 3.05) is 0 Å². The molecule has 0 saturated carbocycles. The van der Waals surface area contributed by atoms with Crippen molar-refractivity contribution in [3.05, 3.63) is 91.9 Å². The van der Waals surface area contributed by atoms with Gasteiger partial charge in [-0.2, -0.15) is 0 Å². The first-order chi connectivity index (χ1) is 12.9. The van der Waals surface area contributed by atoms with E-state index in [2.05, 4.69) is 24.9 Å². The molecule has 0 unspecified atom stereocenters. The van der Waals surface area contributed by atoms with E-state index in [0.29, 0.717) is 27.4 Å². The molecule has 3 aromatic carbocycles. The monoisotopic (exact) mass is 417 g/mol. The van der Waals surface area contributed by atoms with E-state index in [1.807, 2.05) is 36.4 Å². The first-order valence-electron chi connectivity index (χ1n) is 8.40. The van der Waals surface area contributed by atoms with Crippen LogP contribution in [0, 0.1) is 13.8 Å². The molecule has 0 aliphatic heterocycles. The third-order valence-electron chi connectivity index (χ3n) is 4.17. The lowest BCUT2D eigenvalue weighted by atomic mass is 10.1. The molecule has 0 N–H and O–H groups in total. The van der Waals surface area contributed by atoms with Crippen molar-refractivity contribution in [1.82, 2.24) is 0 Å². The molecule has 0 atom stereocenters. The summed E-state index contributed by atoms with van der Waals surface area (Å²) in [4.78, 5) is 4.50. The molecule has 0 spiro atoms. The van der Waals surface area contributed by atoms with Crippen molar-refractivity contribution in [2.24, 2.45) is 4.99 Å². The smallest absolute Gasteiger partial charge is 0.157 e. The second-order valence-corrected chi connectivity index (χ2v) is 7.51. The Bertz CT molecular complexity index is 958. The molecule has 0 saturated heterocycles. The van der Waals surface area contributed by atoms with Crippen LogP contribution in [0.4, 0.5) is 5.69 Å². The van der Waals surface area contributed by atoms with Gasteiger partial charge in [0.25, 0.3) is 0 Å². The van der Waals surface area contributed by atoms with Crippen LogP contribution in [0.3, 0.4) is 0 Å². The average molecular weight is 419 g/mol. The second kappa shape index (κ2) is 8.79. The van der Waals surface area contributed by atoms with Crippen molar-refractivity contribution in [1.29, 1.82) is 0 Å². The molecule has 0 aliphatic rings. The van der Waals surface area contributed by atoms with Crippen LogP contribution < -0.4 is 4.74 Å². The highest BCUT2D eigenvalue weighted by Gasteiger charge is 2.10. The average Bonchev–Trinajstić information content (AvgIpc) is 2.63. The van der Waals surface area contributed by atoms with Crippen LogP contribution in [0.15, 0.2) is 59.6 Å². The van der Waals surface area contributed by atoms with Crippen LogP contribution in [-0.4, -0.2) is 6.21 Å². The van der Waals surface area contributed by atoms with Gasteiger partial charge in [0.1, 0.15) is 6.61 Å². The Morgan fingerprint density at radius 2 is 1.52 bits per heavy atom. The third kappa shape index (κ3) is 5.26. The van der Waals surface area contributed by atoms with Gasteiger partial charge >= 0.3 is 0 Å². The van der Waals surface area contributed by atoms with Crippen LogP contribution >= 0.6 is 34.8 Å². The van der Waals surface area contributed by atoms with E-state index in [0.717, 1.165) is 16.8 Å². The normalized spacial score (nSPS) is 11.1. The van der Waals surface area contributed by atoms with E-state index in [-0.39, 0.29) is 0 Å². The number of benzene rings is 3. The fourth-order valence-corrected chi connectivity index (χ4v) is 3.22. The fraction of sp³-hybridized carbons (Fsp3) is 0.136. The van der Waals surface area contributed by atoms with E-state index < -0.39 is 0 Å². The van der Waals surface area contributed by atoms with E-state index in [1.54, 1.807) is 18.3 Å². The highest BCUT2D eigenvalue weighted by atomic mass is 35.5. The molecule has 27 heavy (non-hydrogen) atoms. The third-order valence-corrected chi connectivity index (χ3v) is 4.98. The van der Waals surface area contributed by atoms with Crippen LogP contribution in [0.1, 0.15) is 22.3 Å². The van der Waals surface area contributed by atoms with E-state index in [1.165, 1.54) is 11.1 Å². The lowest BCUT2D eigenvalue weighted by Gasteiger charge is -2.11. The number of rotatable bonds is 5. The molecule has 0 aliphatic carbocycles. The summed E-state index contributed by atoms with van der Waals surface area (Å²) in [5.41, 5.74) is 5.11. The van der Waals surface area contributed by atoms with Gasteiger partial charge in [-0.15, -0.1) is 0 Å². The number of ether oxygens (including phenoxy) is 1. The summed E-state index contributed by atoms with van der Waals surface area (Å²) in [6.45, 7) is 4.49. The highest BCUT2D eigenvalue weighted by Crippen LogP contribution is 2.34. The molecule has 0 heterocycles. The molecule has 2 nitrogen and oxygen atoms in total. The maximum Gasteiger partial charge on any atom is 0.157 e. The first-order valence-corrected chi connectivity index (χ1v) is 9.53. The van der Waals surface area contributed by atoms with Gasteiger partial charge in [0.2, 0.25) is 0 Å². The molecule has 0 amide bonds. The van der Waals surface area contributed by atoms with Crippen LogP contribution in [0.2, 0.25) is 15.1 Å². The fourth-order valence-electron chi connectivity index (χ4n) is 2.48. The maximum absolute atomic E-state index is 6.36. The summed E-state index contributed by atoms with van der Waals surface area (Å²) >= 11 is 18.6. The Morgan fingerprint density at radius 3 is 2.15 bits per heavy atom. The summed E-state index contributed by atoms with van der Waals surface area (Å²) in [7, 11) is 0. The molecule has 3 rings (SSSR count). The summed E-state index contributed by atoms with van der Waals surface area (Å²) < 4.78 is 5.79. The van der Waals surface area contributed by atoms with Crippen LogP contribution in [-0.2, 0) is 6.61 Å². The quantitative estimate of drug-likeness (QED) is 0.391. The zero-order valence-corrected chi connectivity index (χ0v) is 17.2.